The number of ether oxygens (including phenoxy) is 1. The van der Waals surface area contributed by atoms with Crippen LogP contribution in [0.2, 0.25) is 5.02 Å². The van der Waals surface area contributed by atoms with Gasteiger partial charge in [-0.25, -0.2) is 18.0 Å². The molecule has 2 rings (SSSR count). The third kappa shape index (κ3) is 3.38. The summed E-state index contributed by atoms with van der Waals surface area (Å²) >= 11 is 5.41. The maximum absolute atomic E-state index is 14.0. The molecule has 0 spiro atoms. The summed E-state index contributed by atoms with van der Waals surface area (Å²) in [5.41, 5.74) is 6.04. The molecular weight excluding hydrogens is 319 g/mol. The van der Waals surface area contributed by atoms with Gasteiger partial charge in [0.1, 0.15) is 10.8 Å². The van der Waals surface area contributed by atoms with Gasteiger partial charge in [-0.3, -0.25) is 0 Å². The summed E-state index contributed by atoms with van der Waals surface area (Å²) in [4.78, 5) is 12.0. The van der Waals surface area contributed by atoms with Gasteiger partial charge in [-0.1, -0.05) is 11.6 Å². The van der Waals surface area contributed by atoms with Crippen LogP contribution in [0, 0.1) is 23.4 Å². The van der Waals surface area contributed by atoms with E-state index in [1.165, 1.54) is 0 Å². The van der Waals surface area contributed by atoms with Crippen LogP contribution >= 0.6 is 11.6 Å². The third-order valence-electron chi connectivity index (χ3n) is 3.43. The number of esters is 1. The van der Waals surface area contributed by atoms with Crippen LogP contribution in [0.5, 0.6) is 0 Å². The van der Waals surface area contributed by atoms with Crippen molar-refractivity contribution in [2.45, 2.75) is 26.2 Å². The molecule has 2 N–H and O–H groups in total. The molecule has 1 aromatic rings. The van der Waals surface area contributed by atoms with Crippen molar-refractivity contribution < 1.29 is 22.7 Å². The van der Waals surface area contributed by atoms with Gasteiger partial charge in [-0.05, 0) is 37.3 Å². The Labute approximate surface area is 130 Å². The van der Waals surface area contributed by atoms with E-state index in [1.807, 2.05) is 0 Å². The first kappa shape index (κ1) is 16.7. The Bertz CT molecular complexity index is 642. The predicted molar refractivity (Wildman–Crippen MR) is 75.6 cm³/mol. The second-order valence-corrected chi connectivity index (χ2v) is 5.44. The van der Waals surface area contributed by atoms with Gasteiger partial charge in [0.05, 0.1) is 12.2 Å². The summed E-state index contributed by atoms with van der Waals surface area (Å²) in [7, 11) is 0. The summed E-state index contributed by atoms with van der Waals surface area (Å²) in [6.45, 7) is 1.75. The molecule has 0 bridgehead atoms. The van der Waals surface area contributed by atoms with E-state index in [9.17, 15) is 18.0 Å². The van der Waals surface area contributed by atoms with E-state index in [1.54, 1.807) is 6.92 Å². The van der Waals surface area contributed by atoms with Crippen molar-refractivity contribution in [3.63, 3.8) is 0 Å². The van der Waals surface area contributed by atoms with Crippen molar-refractivity contribution in [1.82, 2.24) is 0 Å². The maximum atomic E-state index is 14.0. The van der Waals surface area contributed by atoms with Gasteiger partial charge < -0.3 is 10.5 Å². The average Bonchev–Trinajstić information content (AvgIpc) is 3.31. The number of carbonyl (C=O) groups excluding carboxylic acids is 1. The first-order chi connectivity index (χ1) is 10.4. The monoisotopic (exact) mass is 333 g/mol. The number of nitrogens with two attached hydrogens (primary N) is 1. The van der Waals surface area contributed by atoms with Gasteiger partial charge in [0.15, 0.2) is 11.6 Å². The zero-order valence-corrected chi connectivity index (χ0v) is 12.6. The molecular formula is C15H15ClF3NO2. The summed E-state index contributed by atoms with van der Waals surface area (Å²) in [6, 6.07) is 0.677. The van der Waals surface area contributed by atoms with Crippen molar-refractivity contribution in [2.24, 2.45) is 11.7 Å². The zero-order chi connectivity index (χ0) is 16.4. The van der Waals surface area contributed by atoms with Gasteiger partial charge in [-0.15, -0.1) is 0 Å². The van der Waals surface area contributed by atoms with E-state index >= 15 is 0 Å². The highest BCUT2D eigenvalue weighted by Gasteiger charge is 2.30. The minimum absolute atomic E-state index is 0.0447. The van der Waals surface area contributed by atoms with E-state index in [2.05, 4.69) is 0 Å². The van der Waals surface area contributed by atoms with E-state index < -0.39 is 28.4 Å². The number of hydrogen-bond donors (Lipinski definition) is 1. The second-order valence-electron chi connectivity index (χ2n) is 5.06. The fraction of sp³-hybridized carbons (Fsp3) is 0.400. The smallest absolute Gasteiger partial charge is 0.336 e. The molecule has 1 aliphatic carbocycles. The Morgan fingerprint density at radius 3 is 2.55 bits per heavy atom. The Balaban J connectivity index is 2.40. The van der Waals surface area contributed by atoms with E-state index in [0.29, 0.717) is 11.8 Å². The predicted octanol–water partition coefficient (Wildman–Crippen LogP) is 3.49. The maximum Gasteiger partial charge on any atom is 0.336 e. The van der Waals surface area contributed by atoms with Crippen molar-refractivity contribution in [2.75, 3.05) is 6.61 Å². The molecule has 1 saturated carbocycles. The van der Waals surface area contributed by atoms with Crippen LogP contribution in [-0.2, 0) is 16.0 Å². The summed E-state index contributed by atoms with van der Waals surface area (Å²) in [5, 5.41) is -0.941. The quantitative estimate of drug-likeness (QED) is 0.388. The van der Waals surface area contributed by atoms with E-state index in [0.717, 1.165) is 12.8 Å². The van der Waals surface area contributed by atoms with Crippen LogP contribution in [0.25, 0.3) is 0 Å². The van der Waals surface area contributed by atoms with Crippen molar-refractivity contribution >= 4 is 17.6 Å². The van der Waals surface area contributed by atoms with E-state index in [-0.39, 0.29) is 30.1 Å². The molecule has 3 nitrogen and oxygen atoms in total. The normalized spacial score (nSPS) is 15.5. The number of halogens is 4. The Kier molecular flexibility index (Phi) is 5.01. The number of carbonyl (C=O) groups is 1. The fourth-order valence-corrected chi connectivity index (χ4v) is 2.30. The van der Waals surface area contributed by atoms with Crippen LogP contribution in [0.1, 0.15) is 25.3 Å². The zero-order valence-electron chi connectivity index (χ0n) is 11.9. The number of hydrogen-bond acceptors (Lipinski definition) is 3. The number of rotatable bonds is 5. The first-order valence-corrected chi connectivity index (χ1v) is 7.22. The van der Waals surface area contributed by atoms with Crippen LogP contribution in [0.3, 0.4) is 0 Å². The van der Waals surface area contributed by atoms with Crippen molar-refractivity contribution in [3.05, 3.63) is 45.4 Å². The third-order valence-corrected chi connectivity index (χ3v) is 3.76. The Morgan fingerprint density at radius 1 is 1.36 bits per heavy atom. The molecule has 0 unspecified atom stereocenters. The molecule has 0 aromatic heterocycles. The SMILES string of the molecule is CCOC(=O)C(Cc1cc(F)c(F)c(Cl)c1F)=C(N)C1CC1. The molecule has 0 amide bonds. The standard InChI is InChI=1S/C15H15ClF3NO2/c1-2-22-15(21)9(14(20)7-3-4-7)5-8-6-10(17)13(19)11(16)12(8)18/h6-7H,2-5,20H2,1H3. The van der Waals surface area contributed by atoms with Gasteiger partial charge in [0, 0.05) is 12.1 Å². The Hall–Kier alpha value is -1.69. The lowest BCUT2D eigenvalue weighted by molar-refractivity contribution is -0.138. The van der Waals surface area contributed by atoms with Crippen molar-refractivity contribution in [1.29, 1.82) is 0 Å². The average molecular weight is 334 g/mol. The van der Waals surface area contributed by atoms with Crippen molar-refractivity contribution in [3.8, 4) is 0 Å². The van der Waals surface area contributed by atoms with Gasteiger partial charge >= 0.3 is 5.97 Å². The van der Waals surface area contributed by atoms with Crippen LogP contribution in [0.15, 0.2) is 17.3 Å². The van der Waals surface area contributed by atoms with E-state index in [4.69, 9.17) is 22.1 Å². The summed E-state index contributed by atoms with van der Waals surface area (Å²) in [5.74, 6) is -4.49. The molecule has 0 atom stereocenters. The highest BCUT2D eigenvalue weighted by molar-refractivity contribution is 6.31. The summed E-state index contributed by atoms with van der Waals surface area (Å²) in [6.07, 6.45) is 1.36. The minimum Gasteiger partial charge on any atom is -0.463 e. The van der Waals surface area contributed by atoms with Gasteiger partial charge in [-0.2, -0.15) is 0 Å². The molecule has 0 radical (unpaired) electrons. The topological polar surface area (TPSA) is 52.3 Å². The highest BCUT2D eigenvalue weighted by atomic mass is 35.5. The lowest BCUT2D eigenvalue weighted by Gasteiger charge is -2.12. The minimum atomic E-state index is -1.46. The van der Waals surface area contributed by atoms with Crippen LogP contribution in [0.4, 0.5) is 13.2 Å². The molecule has 22 heavy (non-hydrogen) atoms. The Morgan fingerprint density at radius 2 is 2.00 bits per heavy atom. The molecule has 0 saturated heterocycles. The fourth-order valence-electron chi connectivity index (χ4n) is 2.09. The molecule has 1 fully saturated rings. The molecule has 7 heteroatoms. The van der Waals surface area contributed by atoms with Gasteiger partial charge in [0.25, 0.3) is 0 Å². The number of allylic oxidation sites excluding steroid dienone is 1. The lowest BCUT2D eigenvalue weighted by Crippen LogP contribution is -2.18. The highest BCUT2D eigenvalue weighted by Crippen LogP contribution is 2.36. The number of benzene rings is 1. The van der Waals surface area contributed by atoms with Crippen LogP contribution < -0.4 is 5.73 Å². The first-order valence-electron chi connectivity index (χ1n) is 6.84. The van der Waals surface area contributed by atoms with Crippen LogP contribution in [-0.4, -0.2) is 12.6 Å². The molecule has 120 valence electrons. The largest absolute Gasteiger partial charge is 0.463 e. The molecule has 1 aromatic carbocycles. The molecule has 0 heterocycles. The second kappa shape index (κ2) is 6.60. The molecule has 0 aliphatic heterocycles. The van der Waals surface area contributed by atoms with Gasteiger partial charge in [0.2, 0.25) is 0 Å². The lowest BCUT2D eigenvalue weighted by atomic mass is 10.0. The summed E-state index contributed by atoms with van der Waals surface area (Å²) < 4.78 is 45.5. The molecule has 1 aliphatic rings.